The number of pyridine rings is 1. The van der Waals surface area contributed by atoms with Crippen LogP contribution in [0.5, 0.6) is 0 Å². The minimum atomic E-state index is -0.112. The van der Waals surface area contributed by atoms with Crippen molar-refractivity contribution in [2.75, 3.05) is 19.6 Å². The number of amides is 1. The molecule has 0 radical (unpaired) electrons. The van der Waals surface area contributed by atoms with E-state index >= 15 is 0 Å². The Morgan fingerprint density at radius 3 is 2.86 bits per heavy atom. The molecule has 4 N–H and O–H groups in total. The first-order chi connectivity index (χ1) is 10.1. The summed E-state index contributed by atoms with van der Waals surface area (Å²) in [7, 11) is 0. The summed E-state index contributed by atoms with van der Waals surface area (Å²) in [5, 5.41) is 14.5. The second-order valence-electron chi connectivity index (χ2n) is 5.01. The van der Waals surface area contributed by atoms with Gasteiger partial charge in [0.15, 0.2) is 5.84 Å². The van der Waals surface area contributed by atoms with Gasteiger partial charge in [-0.05, 0) is 34.8 Å². The summed E-state index contributed by atoms with van der Waals surface area (Å²) in [6.07, 6.45) is 4.87. The van der Waals surface area contributed by atoms with Gasteiger partial charge in [0, 0.05) is 36.0 Å². The van der Waals surface area contributed by atoms with Gasteiger partial charge < -0.3 is 16.3 Å². The van der Waals surface area contributed by atoms with Gasteiger partial charge >= 0.3 is 0 Å². The molecule has 21 heavy (non-hydrogen) atoms. The first-order valence-corrected chi connectivity index (χ1v) is 7.48. The first kappa shape index (κ1) is 15.7. The fraction of sp³-hybridized carbons (Fsp3) is 0.462. The van der Waals surface area contributed by atoms with E-state index in [1.807, 2.05) is 0 Å². The molecule has 1 aliphatic rings. The van der Waals surface area contributed by atoms with Crippen molar-refractivity contribution in [2.24, 2.45) is 10.9 Å². The van der Waals surface area contributed by atoms with Gasteiger partial charge in [-0.15, -0.1) is 0 Å². The van der Waals surface area contributed by atoms with Crippen LogP contribution in [0.3, 0.4) is 0 Å². The zero-order chi connectivity index (χ0) is 15.2. The second-order valence-corrected chi connectivity index (χ2v) is 5.92. The maximum Gasteiger partial charge on any atom is 0.253 e. The largest absolute Gasteiger partial charge is 0.409 e. The Balaban J connectivity index is 1.82. The minimum Gasteiger partial charge on any atom is -0.409 e. The number of piperidine rings is 1. The Hall–Kier alpha value is -1.67. The number of nitrogens with two attached hydrogens (primary N) is 1. The van der Waals surface area contributed by atoms with Crippen LogP contribution in [0.2, 0.25) is 0 Å². The summed E-state index contributed by atoms with van der Waals surface area (Å²) in [5.74, 6) is 0.0939. The number of carbonyl (C=O) groups excluding carboxylic acids is 1. The van der Waals surface area contributed by atoms with Gasteiger partial charge in [-0.25, -0.2) is 0 Å². The van der Waals surface area contributed by atoms with Gasteiger partial charge in [0.25, 0.3) is 5.91 Å². The Bertz CT molecular complexity index is 529. The zero-order valence-corrected chi connectivity index (χ0v) is 13.1. The van der Waals surface area contributed by atoms with Crippen molar-refractivity contribution in [3.8, 4) is 0 Å². The number of hydrogen-bond donors (Lipinski definition) is 3. The van der Waals surface area contributed by atoms with Gasteiger partial charge in [0.1, 0.15) is 0 Å². The molecule has 1 amide bonds. The number of nitrogens with zero attached hydrogens (tertiary/aromatic N) is 3. The van der Waals surface area contributed by atoms with Crippen LogP contribution in [-0.2, 0) is 0 Å². The molecule has 0 saturated carbocycles. The molecule has 0 aliphatic carbocycles. The van der Waals surface area contributed by atoms with Crippen LogP contribution in [0.1, 0.15) is 23.2 Å². The third-order valence-corrected chi connectivity index (χ3v) is 3.84. The molecule has 1 aromatic rings. The molecule has 7 nitrogen and oxygen atoms in total. The number of likely N-dealkylation sites (tertiary alicyclic amines) is 1. The molecule has 0 unspecified atom stereocenters. The van der Waals surface area contributed by atoms with Crippen LogP contribution >= 0.6 is 15.9 Å². The van der Waals surface area contributed by atoms with Gasteiger partial charge in [0.2, 0.25) is 0 Å². The van der Waals surface area contributed by atoms with E-state index in [1.54, 1.807) is 18.5 Å². The number of nitrogens with one attached hydrogen (secondary N) is 1. The number of rotatable bonds is 4. The lowest BCUT2D eigenvalue weighted by atomic mass is 10.0. The molecule has 0 atom stereocenters. The van der Waals surface area contributed by atoms with Crippen LogP contribution in [0, 0.1) is 0 Å². The highest BCUT2D eigenvalue weighted by molar-refractivity contribution is 9.10. The van der Waals surface area contributed by atoms with E-state index in [0.717, 1.165) is 30.4 Å². The number of aromatic nitrogens is 1. The van der Waals surface area contributed by atoms with E-state index < -0.39 is 0 Å². The molecule has 2 heterocycles. The molecule has 1 fully saturated rings. The summed E-state index contributed by atoms with van der Waals surface area (Å²) in [5.41, 5.74) is 6.03. The highest BCUT2D eigenvalue weighted by Gasteiger charge is 2.21. The summed E-state index contributed by atoms with van der Waals surface area (Å²) in [6.45, 7) is 2.06. The Kier molecular flexibility index (Phi) is 5.51. The number of halogens is 1. The zero-order valence-electron chi connectivity index (χ0n) is 11.5. The van der Waals surface area contributed by atoms with Gasteiger partial charge in [0.05, 0.1) is 12.1 Å². The second kappa shape index (κ2) is 7.37. The summed E-state index contributed by atoms with van der Waals surface area (Å²) in [4.78, 5) is 18.2. The maximum absolute atomic E-state index is 12.1. The smallest absolute Gasteiger partial charge is 0.253 e. The fourth-order valence-electron chi connectivity index (χ4n) is 2.30. The van der Waals surface area contributed by atoms with Gasteiger partial charge in [-0.2, -0.15) is 0 Å². The number of amidine groups is 1. The Morgan fingerprint density at radius 1 is 1.52 bits per heavy atom. The Labute approximate surface area is 131 Å². The van der Waals surface area contributed by atoms with E-state index in [1.165, 1.54) is 0 Å². The average Bonchev–Trinajstić information content (AvgIpc) is 2.49. The van der Waals surface area contributed by atoms with Crippen molar-refractivity contribution in [3.63, 3.8) is 0 Å². The summed E-state index contributed by atoms with van der Waals surface area (Å²) < 4.78 is 0.781. The standard InChI is InChI=1S/C13H18BrN5O2/c14-10-5-9(6-16-7-10)13(20)17-11-1-3-19(4-2-11)8-12(15)18-21/h5-7,11,21H,1-4,8H2,(H2,15,18)(H,17,20). The van der Waals surface area contributed by atoms with Crippen LogP contribution in [0.25, 0.3) is 0 Å². The third kappa shape index (κ3) is 4.68. The van der Waals surface area contributed by atoms with Crippen LogP contribution in [0.15, 0.2) is 28.1 Å². The number of oxime groups is 1. The molecule has 114 valence electrons. The maximum atomic E-state index is 12.1. The lowest BCUT2D eigenvalue weighted by Gasteiger charge is -2.31. The number of hydrogen-bond acceptors (Lipinski definition) is 5. The van der Waals surface area contributed by atoms with E-state index in [0.29, 0.717) is 12.1 Å². The lowest BCUT2D eigenvalue weighted by Crippen LogP contribution is -2.46. The van der Waals surface area contributed by atoms with Crippen LogP contribution < -0.4 is 11.1 Å². The fourth-order valence-corrected chi connectivity index (χ4v) is 2.67. The SMILES string of the molecule is NC(CN1CCC(NC(=O)c2cncc(Br)c2)CC1)=NO. The molecule has 2 rings (SSSR count). The van der Waals surface area contributed by atoms with Crippen molar-refractivity contribution in [1.82, 2.24) is 15.2 Å². The first-order valence-electron chi connectivity index (χ1n) is 6.68. The monoisotopic (exact) mass is 355 g/mol. The van der Waals surface area contributed by atoms with Crippen molar-refractivity contribution in [1.29, 1.82) is 0 Å². The average molecular weight is 356 g/mol. The molecule has 1 aromatic heterocycles. The minimum absolute atomic E-state index is 0.112. The van der Waals surface area contributed by atoms with E-state index in [-0.39, 0.29) is 17.8 Å². The van der Waals surface area contributed by atoms with Crippen molar-refractivity contribution in [3.05, 3.63) is 28.5 Å². The van der Waals surface area contributed by atoms with E-state index in [4.69, 9.17) is 10.9 Å². The van der Waals surface area contributed by atoms with E-state index in [9.17, 15) is 4.79 Å². The Morgan fingerprint density at radius 2 is 2.24 bits per heavy atom. The molecular weight excluding hydrogens is 338 g/mol. The molecular formula is C13H18BrN5O2. The lowest BCUT2D eigenvalue weighted by molar-refractivity contribution is 0.0914. The molecule has 1 aliphatic heterocycles. The van der Waals surface area contributed by atoms with Gasteiger partial charge in [-0.3, -0.25) is 14.7 Å². The number of carbonyl (C=O) groups is 1. The van der Waals surface area contributed by atoms with Crippen molar-refractivity contribution >= 4 is 27.7 Å². The highest BCUT2D eigenvalue weighted by atomic mass is 79.9. The highest BCUT2D eigenvalue weighted by Crippen LogP contribution is 2.13. The topological polar surface area (TPSA) is 104 Å². The summed E-state index contributed by atoms with van der Waals surface area (Å²) >= 11 is 3.30. The molecule has 1 saturated heterocycles. The predicted molar refractivity (Wildman–Crippen MR) is 82.3 cm³/mol. The molecule has 8 heteroatoms. The van der Waals surface area contributed by atoms with Crippen molar-refractivity contribution in [2.45, 2.75) is 18.9 Å². The third-order valence-electron chi connectivity index (χ3n) is 3.40. The summed E-state index contributed by atoms with van der Waals surface area (Å²) in [6, 6.07) is 1.88. The van der Waals surface area contributed by atoms with E-state index in [2.05, 4.69) is 36.3 Å². The van der Waals surface area contributed by atoms with Gasteiger partial charge in [-0.1, -0.05) is 5.16 Å². The molecule has 0 bridgehead atoms. The molecule has 0 spiro atoms. The predicted octanol–water partition coefficient (Wildman–Crippen LogP) is 0.785. The van der Waals surface area contributed by atoms with Crippen LogP contribution in [-0.4, -0.2) is 52.5 Å². The molecule has 0 aromatic carbocycles. The van der Waals surface area contributed by atoms with Crippen molar-refractivity contribution < 1.29 is 10.0 Å². The van der Waals surface area contributed by atoms with Crippen LogP contribution in [0.4, 0.5) is 0 Å². The normalized spacial score (nSPS) is 17.7. The quantitative estimate of drug-likeness (QED) is 0.320.